The Morgan fingerprint density at radius 2 is 1.55 bits per heavy atom. The zero-order valence-electron chi connectivity index (χ0n) is 18.6. The van der Waals surface area contributed by atoms with Crippen LogP contribution in [0.3, 0.4) is 0 Å². The summed E-state index contributed by atoms with van der Waals surface area (Å²) in [6, 6.07) is 28.5. The van der Waals surface area contributed by atoms with Gasteiger partial charge in [0.25, 0.3) is 0 Å². The summed E-state index contributed by atoms with van der Waals surface area (Å²) in [6.45, 7) is 8.38. The van der Waals surface area contributed by atoms with Gasteiger partial charge in [-0.2, -0.15) is 5.10 Å². The van der Waals surface area contributed by atoms with Crippen molar-refractivity contribution in [2.24, 2.45) is 0 Å². The predicted octanol–water partition coefficient (Wildman–Crippen LogP) is 7.19. The van der Waals surface area contributed by atoms with Crippen LogP contribution in [0.25, 0.3) is 34.2 Å². The minimum atomic E-state index is -1.10. The molecule has 0 saturated heterocycles. The van der Waals surface area contributed by atoms with Gasteiger partial charge in [0, 0.05) is 20.1 Å². The Bertz CT molecular complexity index is 1160. The van der Waals surface area contributed by atoms with E-state index in [-0.39, 0.29) is 0 Å². The van der Waals surface area contributed by atoms with Gasteiger partial charge in [-0.1, -0.05) is 92.4 Å². The Morgan fingerprint density at radius 1 is 0.839 bits per heavy atom. The molecule has 0 spiro atoms. The van der Waals surface area contributed by atoms with E-state index in [0.717, 1.165) is 34.8 Å². The molecule has 0 saturated carbocycles. The van der Waals surface area contributed by atoms with Crippen LogP contribution in [0.2, 0.25) is 25.7 Å². The van der Waals surface area contributed by atoms with Crippen molar-refractivity contribution in [1.29, 1.82) is 0 Å². The van der Waals surface area contributed by atoms with Gasteiger partial charge < -0.3 is 4.74 Å². The number of nitrogens with zero attached hydrogens (tertiary/aromatic N) is 2. The number of fused-ring (bicyclic) bond motifs is 1. The van der Waals surface area contributed by atoms with Crippen molar-refractivity contribution < 1.29 is 4.74 Å². The number of hydrogen-bond acceptors (Lipinski definition) is 2. The zero-order valence-corrected chi connectivity index (χ0v) is 19.6. The van der Waals surface area contributed by atoms with Crippen LogP contribution in [0.15, 0.2) is 78.9 Å². The van der Waals surface area contributed by atoms with Crippen LogP contribution in [0.1, 0.15) is 11.3 Å². The quantitative estimate of drug-likeness (QED) is 0.220. The fraction of sp³-hybridized carbons (Fsp3) is 0.222. The Balaban J connectivity index is 1.66. The van der Waals surface area contributed by atoms with Gasteiger partial charge >= 0.3 is 0 Å². The first-order chi connectivity index (χ1) is 15.0. The highest BCUT2D eigenvalue weighted by Gasteiger charge is 2.14. The summed E-state index contributed by atoms with van der Waals surface area (Å²) < 4.78 is 7.99. The van der Waals surface area contributed by atoms with Crippen LogP contribution in [-0.2, 0) is 11.5 Å². The molecule has 31 heavy (non-hydrogen) atoms. The highest BCUT2D eigenvalue weighted by molar-refractivity contribution is 6.76. The molecule has 0 radical (unpaired) electrons. The second kappa shape index (κ2) is 9.46. The average Bonchev–Trinajstić information content (AvgIpc) is 3.13. The first-order valence-electron chi connectivity index (χ1n) is 10.9. The standard InChI is InChI=1S/C27H30N2OSi/c1-31(2,3)19-18-30-21-29-27-17-15-24(23-12-8-5-9-13-23)20-25(27)26(28-29)16-14-22-10-6-4-7-11-22/h4-17,20H,18-19,21H2,1-3H3/b16-14+. The number of aromatic nitrogens is 2. The molecule has 4 rings (SSSR count). The van der Waals surface area contributed by atoms with Crippen molar-refractivity contribution in [2.75, 3.05) is 6.61 Å². The first-order valence-corrected chi connectivity index (χ1v) is 14.6. The fourth-order valence-electron chi connectivity index (χ4n) is 3.50. The molecule has 4 aromatic rings. The molecule has 0 aliphatic heterocycles. The minimum absolute atomic E-state index is 0.477. The van der Waals surface area contributed by atoms with Gasteiger partial charge in [-0.05, 0) is 40.9 Å². The summed E-state index contributed by atoms with van der Waals surface area (Å²) >= 11 is 0. The van der Waals surface area contributed by atoms with E-state index in [4.69, 9.17) is 9.84 Å². The lowest BCUT2D eigenvalue weighted by Gasteiger charge is -2.15. The Morgan fingerprint density at radius 3 is 2.26 bits per heavy atom. The molecule has 4 heteroatoms. The van der Waals surface area contributed by atoms with Crippen LogP contribution >= 0.6 is 0 Å². The Hall–Kier alpha value is -2.95. The average molecular weight is 427 g/mol. The molecule has 0 bridgehead atoms. The molecule has 0 aliphatic rings. The molecule has 0 fully saturated rings. The lowest BCUT2D eigenvalue weighted by atomic mass is 10.0. The van der Waals surface area contributed by atoms with Crippen LogP contribution in [0.4, 0.5) is 0 Å². The summed E-state index contributed by atoms with van der Waals surface area (Å²) in [6.07, 6.45) is 4.22. The van der Waals surface area contributed by atoms with Crippen molar-refractivity contribution in [1.82, 2.24) is 9.78 Å². The maximum absolute atomic E-state index is 6.01. The van der Waals surface area contributed by atoms with E-state index in [1.54, 1.807) is 0 Å². The summed E-state index contributed by atoms with van der Waals surface area (Å²) in [5.41, 5.74) is 5.63. The Labute approximate surface area is 186 Å². The number of benzene rings is 3. The lowest BCUT2D eigenvalue weighted by Crippen LogP contribution is -2.22. The normalized spacial score (nSPS) is 12.1. The lowest BCUT2D eigenvalue weighted by molar-refractivity contribution is 0.0816. The van der Waals surface area contributed by atoms with Gasteiger partial charge in [0.2, 0.25) is 0 Å². The van der Waals surface area contributed by atoms with Crippen LogP contribution in [0.5, 0.6) is 0 Å². The zero-order chi connectivity index (χ0) is 21.7. The van der Waals surface area contributed by atoms with E-state index in [0.29, 0.717) is 6.73 Å². The highest BCUT2D eigenvalue weighted by Crippen LogP contribution is 2.28. The van der Waals surface area contributed by atoms with Crippen molar-refractivity contribution in [3.63, 3.8) is 0 Å². The van der Waals surface area contributed by atoms with E-state index in [1.807, 2.05) is 16.8 Å². The third-order valence-electron chi connectivity index (χ3n) is 5.33. The fourth-order valence-corrected chi connectivity index (χ4v) is 4.26. The summed E-state index contributed by atoms with van der Waals surface area (Å²) in [5.74, 6) is 0. The first kappa shape index (κ1) is 21.3. The molecular formula is C27H30N2OSi. The number of hydrogen-bond donors (Lipinski definition) is 0. The van der Waals surface area contributed by atoms with Crippen LogP contribution in [0, 0.1) is 0 Å². The van der Waals surface area contributed by atoms with Gasteiger partial charge in [-0.15, -0.1) is 0 Å². The minimum Gasteiger partial charge on any atom is -0.360 e. The molecule has 0 amide bonds. The number of rotatable bonds is 8. The summed E-state index contributed by atoms with van der Waals surface area (Å²) in [4.78, 5) is 0. The van der Waals surface area contributed by atoms with E-state index in [9.17, 15) is 0 Å². The van der Waals surface area contributed by atoms with Crippen molar-refractivity contribution in [2.45, 2.75) is 32.4 Å². The largest absolute Gasteiger partial charge is 0.360 e. The second-order valence-electron chi connectivity index (χ2n) is 9.07. The summed E-state index contributed by atoms with van der Waals surface area (Å²) in [5, 5.41) is 6.03. The smallest absolute Gasteiger partial charge is 0.140 e. The molecular weight excluding hydrogens is 396 g/mol. The molecule has 0 aliphatic carbocycles. The predicted molar refractivity (Wildman–Crippen MR) is 135 cm³/mol. The molecule has 3 aromatic carbocycles. The van der Waals surface area contributed by atoms with Gasteiger partial charge in [0.05, 0.1) is 11.2 Å². The SMILES string of the molecule is C[Si](C)(C)CCOCn1nc(/C=C/c2ccccc2)c2cc(-c3ccccc3)ccc21. The maximum Gasteiger partial charge on any atom is 0.140 e. The van der Waals surface area contributed by atoms with E-state index >= 15 is 0 Å². The van der Waals surface area contributed by atoms with Crippen molar-refractivity contribution >= 4 is 31.1 Å². The monoisotopic (exact) mass is 426 g/mol. The van der Waals surface area contributed by atoms with Crippen molar-refractivity contribution in [3.8, 4) is 11.1 Å². The van der Waals surface area contributed by atoms with Gasteiger partial charge in [-0.3, -0.25) is 0 Å². The van der Waals surface area contributed by atoms with Crippen LogP contribution < -0.4 is 0 Å². The van der Waals surface area contributed by atoms with E-state index < -0.39 is 8.07 Å². The third kappa shape index (κ3) is 5.60. The van der Waals surface area contributed by atoms with E-state index in [2.05, 4.69) is 98.5 Å². The van der Waals surface area contributed by atoms with E-state index in [1.165, 1.54) is 11.1 Å². The van der Waals surface area contributed by atoms with Gasteiger partial charge in [0.1, 0.15) is 6.73 Å². The maximum atomic E-state index is 6.01. The summed E-state index contributed by atoms with van der Waals surface area (Å²) in [7, 11) is -1.10. The molecule has 1 aromatic heterocycles. The topological polar surface area (TPSA) is 27.1 Å². The molecule has 3 nitrogen and oxygen atoms in total. The van der Waals surface area contributed by atoms with Crippen LogP contribution in [-0.4, -0.2) is 24.5 Å². The molecule has 0 N–H and O–H groups in total. The van der Waals surface area contributed by atoms with Gasteiger partial charge in [0.15, 0.2) is 0 Å². The second-order valence-corrected chi connectivity index (χ2v) is 14.7. The van der Waals surface area contributed by atoms with Crippen molar-refractivity contribution in [3.05, 3.63) is 90.1 Å². The van der Waals surface area contributed by atoms with Gasteiger partial charge in [-0.25, -0.2) is 4.68 Å². The highest BCUT2D eigenvalue weighted by atomic mass is 28.3. The molecule has 0 atom stereocenters. The third-order valence-corrected chi connectivity index (χ3v) is 7.03. The molecule has 1 heterocycles. The Kier molecular flexibility index (Phi) is 6.49. The molecule has 158 valence electrons. The number of ether oxygens (including phenoxy) is 1. The molecule has 0 unspecified atom stereocenters.